The van der Waals surface area contributed by atoms with Gasteiger partial charge in [-0.25, -0.2) is 4.79 Å². The first kappa shape index (κ1) is 30.2. The largest absolute Gasteiger partial charge is 0.491 e. The molecule has 47 heavy (non-hydrogen) atoms. The van der Waals surface area contributed by atoms with Crippen LogP contribution in [0, 0.1) is 0 Å². The van der Waals surface area contributed by atoms with Crippen LogP contribution in [0.2, 0.25) is 0 Å². The van der Waals surface area contributed by atoms with E-state index in [-0.39, 0.29) is 18.1 Å². The number of nitrogens with zero attached hydrogens (tertiary/aromatic N) is 1. The average Bonchev–Trinajstić information content (AvgIpc) is 4.06. The van der Waals surface area contributed by atoms with E-state index in [1.54, 1.807) is 43.4 Å². The summed E-state index contributed by atoms with van der Waals surface area (Å²) in [4.78, 5) is 27.8. The summed E-state index contributed by atoms with van der Waals surface area (Å²) in [5, 5.41) is 0. The standard InChI is InChI=1S/C39H33NO7/c1-40(38(41)30-9-5-26(6-10-30)28-13-17-33(18-14-28)43-22-36-24-45-36)32-3-2-4-35(21-32)47-39(42)31-11-7-27(8-12-31)29-15-19-34(20-16-29)44-23-37-25-46-37/h2-21,36-37H,22-25H2,1H3. The molecule has 2 aliphatic heterocycles. The number of epoxide rings is 2. The Balaban J connectivity index is 0.948. The van der Waals surface area contributed by atoms with Crippen LogP contribution in [0.4, 0.5) is 5.69 Å². The van der Waals surface area contributed by atoms with Gasteiger partial charge in [-0.2, -0.15) is 0 Å². The molecule has 0 aromatic heterocycles. The predicted octanol–water partition coefficient (Wildman–Crippen LogP) is 7.07. The van der Waals surface area contributed by atoms with E-state index in [4.69, 9.17) is 23.7 Å². The number of ether oxygens (including phenoxy) is 5. The van der Waals surface area contributed by atoms with Crippen molar-refractivity contribution in [1.82, 2.24) is 0 Å². The van der Waals surface area contributed by atoms with Gasteiger partial charge in [0.15, 0.2) is 0 Å². The molecule has 2 atom stereocenters. The number of carbonyl (C=O) groups is 2. The van der Waals surface area contributed by atoms with E-state index >= 15 is 0 Å². The van der Waals surface area contributed by atoms with Crippen LogP contribution in [0.3, 0.4) is 0 Å². The summed E-state index contributed by atoms with van der Waals surface area (Å²) in [7, 11) is 1.70. The predicted molar refractivity (Wildman–Crippen MR) is 178 cm³/mol. The summed E-state index contributed by atoms with van der Waals surface area (Å²) in [6.45, 7) is 2.64. The molecule has 0 aliphatic carbocycles. The highest BCUT2D eigenvalue weighted by molar-refractivity contribution is 6.06. The normalized spacial score (nSPS) is 16.2. The zero-order valence-corrected chi connectivity index (χ0v) is 25.8. The highest BCUT2D eigenvalue weighted by atomic mass is 16.6. The van der Waals surface area contributed by atoms with Gasteiger partial charge >= 0.3 is 5.97 Å². The second-order valence-electron chi connectivity index (χ2n) is 11.5. The Morgan fingerprint density at radius 1 is 0.617 bits per heavy atom. The van der Waals surface area contributed by atoms with Gasteiger partial charge < -0.3 is 28.6 Å². The number of hydrogen-bond acceptors (Lipinski definition) is 7. The van der Waals surface area contributed by atoms with Crippen molar-refractivity contribution in [2.45, 2.75) is 12.2 Å². The van der Waals surface area contributed by atoms with Gasteiger partial charge in [0.2, 0.25) is 0 Å². The summed E-state index contributed by atoms with van der Waals surface area (Å²) < 4.78 is 27.5. The van der Waals surface area contributed by atoms with Crippen LogP contribution in [0.15, 0.2) is 121 Å². The van der Waals surface area contributed by atoms with Crippen molar-refractivity contribution < 1.29 is 33.3 Å². The van der Waals surface area contributed by atoms with Crippen molar-refractivity contribution in [2.24, 2.45) is 0 Å². The Bertz CT molecular complexity index is 1840. The quantitative estimate of drug-likeness (QED) is 0.0830. The molecule has 2 fully saturated rings. The Kier molecular flexibility index (Phi) is 8.68. The molecule has 1 amide bonds. The van der Waals surface area contributed by atoms with Crippen LogP contribution < -0.4 is 19.1 Å². The van der Waals surface area contributed by atoms with Crippen LogP contribution in [0.1, 0.15) is 20.7 Å². The Labute approximate surface area is 273 Å². The van der Waals surface area contributed by atoms with Crippen molar-refractivity contribution in [2.75, 3.05) is 38.4 Å². The average molecular weight is 628 g/mol. The summed E-state index contributed by atoms with van der Waals surface area (Å²) >= 11 is 0. The van der Waals surface area contributed by atoms with E-state index in [2.05, 4.69) is 0 Å². The molecule has 8 heteroatoms. The number of rotatable bonds is 12. The molecule has 0 radical (unpaired) electrons. The summed E-state index contributed by atoms with van der Waals surface area (Å²) in [5.41, 5.74) is 5.55. The Morgan fingerprint density at radius 3 is 1.53 bits per heavy atom. The van der Waals surface area contributed by atoms with Gasteiger partial charge in [0.1, 0.15) is 42.7 Å². The number of hydrogen-bond donors (Lipinski definition) is 0. The van der Waals surface area contributed by atoms with E-state index < -0.39 is 5.97 Å². The maximum absolute atomic E-state index is 13.3. The minimum absolute atomic E-state index is 0.182. The van der Waals surface area contributed by atoms with Crippen molar-refractivity contribution in [1.29, 1.82) is 0 Å². The van der Waals surface area contributed by atoms with E-state index in [0.29, 0.717) is 35.8 Å². The van der Waals surface area contributed by atoms with Crippen molar-refractivity contribution in [3.8, 4) is 39.5 Å². The van der Waals surface area contributed by atoms with E-state index in [9.17, 15) is 9.59 Å². The van der Waals surface area contributed by atoms with Gasteiger partial charge in [0, 0.05) is 24.4 Å². The minimum atomic E-state index is -0.485. The van der Waals surface area contributed by atoms with Crippen LogP contribution in [-0.4, -0.2) is 57.6 Å². The zero-order valence-electron chi connectivity index (χ0n) is 25.8. The van der Waals surface area contributed by atoms with Crippen LogP contribution >= 0.6 is 0 Å². The maximum Gasteiger partial charge on any atom is 0.343 e. The second kappa shape index (κ2) is 13.5. The minimum Gasteiger partial charge on any atom is -0.491 e. The van der Waals surface area contributed by atoms with Crippen LogP contribution in [0.5, 0.6) is 17.2 Å². The number of benzene rings is 5. The molecule has 5 aromatic carbocycles. The molecule has 0 bridgehead atoms. The molecule has 236 valence electrons. The van der Waals surface area contributed by atoms with Gasteiger partial charge in [0.25, 0.3) is 5.91 Å². The smallest absolute Gasteiger partial charge is 0.343 e. The Hall–Kier alpha value is -5.44. The molecule has 2 unspecified atom stereocenters. The fourth-order valence-corrected chi connectivity index (χ4v) is 5.03. The van der Waals surface area contributed by atoms with Crippen molar-refractivity contribution in [3.05, 3.63) is 132 Å². The topological polar surface area (TPSA) is 90.1 Å². The Morgan fingerprint density at radius 2 is 1.06 bits per heavy atom. The SMILES string of the molecule is CN(C(=O)c1ccc(-c2ccc(OCC3CO3)cc2)cc1)c1cccc(OC(=O)c2ccc(-c3ccc(OCC4CO4)cc3)cc2)c1. The lowest BCUT2D eigenvalue weighted by Gasteiger charge is -2.18. The molecule has 2 aliphatic rings. The lowest BCUT2D eigenvalue weighted by atomic mass is 10.0. The third-order valence-electron chi connectivity index (χ3n) is 8.02. The summed E-state index contributed by atoms with van der Waals surface area (Å²) in [5.74, 6) is 1.27. The number of carbonyl (C=O) groups excluding carboxylic acids is 2. The summed E-state index contributed by atoms with van der Waals surface area (Å²) in [6, 6.07) is 37.3. The fourth-order valence-electron chi connectivity index (χ4n) is 5.03. The first-order valence-corrected chi connectivity index (χ1v) is 15.5. The van der Waals surface area contributed by atoms with Crippen molar-refractivity contribution in [3.63, 3.8) is 0 Å². The van der Waals surface area contributed by atoms with Gasteiger partial charge in [-0.3, -0.25) is 4.79 Å². The zero-order chi connectivity index (χ0) is 32.2. The van der Waals surface area contributed by atoms with Crippen LogP contribution in [-0.2, 0) is 9.47 Å². The third kappa shape index (κ3) is 7.69. The number of anilines is 1. The first-order valence-electron chi connectivity index (χ1n) is 15.5. The second-order valence-corrected chi connectivity index (χ2v) is 11.5. The van der Waals surface area contributed by atoms with Gasteiger partial charge in [-0.05, 0) is 82.9 Å². The van der Waals surface area contributed by atoms with Gasteiger partial charge in [-0.1, -0.05) is 54.6 Å². The summed E-state index contributed by atoms with van der Waals surface area (Å²) in [6.07, 6.45) is 0.420. The monoisotopic (exact) mass is 627 g/mol. The molecule has 5 aromatic rings. The van der Waals surface area contributed by atoms with E-state index in [1.807, 2.05) is 84.9 Å². The fraction of sp³-hybridized carbons (Fsp3) is 0.179. The highest BCUT2D eigenvalue weighted by Crippen LogP contribution is 2.27. The van der Waals surface area contributed by atoms with Crippen LogP contribution in [0.25, 0.3) is 22.3 Å². The molecule has 0 saturated carbocycles. The molecule has 0 spiro atoms. The maximum atomic E-state index is 13.3. The first-order chi connectivity index (χ1) is 23.0. The molecular formula is C39H33NO7. The number of amides is 1. The molecular weight excluding hydrogens is 594 g/mol. The lowest BCUT2D eigenvalue weighted by molar-refractivity contribution is 0.0735. The van der Waals surface area contributed by atoms with Crippen molar-refractivity contribution >= 4 is 17.6 Å². The third-order valence-corrected chi connectivity index (χ3v) is 8.02. The lowest BCUT2D eigenvalue weighted by Crippen LogP contribution is -2.26. The molecule has 7 rings (SSSR count). The highest BCUT2D eigenvalue weighted by Gasteiger charge is 2.24. The molecule has 2 saturated heterocycles. The number of esters is 1. The van der Waals surface area contributed by atoms with E-state index in [0.717, 1.165) is 47.0 Å². The van der Waals surface area contributed by atoms with Gasteiger partial charge in [0.05, 0.1) is 18.8 Å². The molecule has 2 heterocycles. The van der Waals surface area contributed by atoms with Gasteiger partial charge in [-0.15, -0.1) is 0 Å². The molecule has 8 nitrogen and oxygen atoms in total. The van der Waals surface area contributed by atoms with E-state index in [1.165, 1.54) is 4.90 Å². The molecule has 0 N–H and O–H groups in total.